The number of likely N-dealkylation sites (tertiary alicyclic amines) is 1. The number of hydrogen-bond acceptors (Lipinski definition) is 6. The van der Waals surface area contributed by atoms with Gasteiger partial charge in [-0.15, -0.1) is 0 Å². The second-order valence-electron chi connectivity index (χ2n) is 9.75. The van der Waals surface area contributed by atoms with E-state index in [2.05, 4.69) is 10.6 Å². The van der Waals surface area contributed by atoms with Gasteiger partial charge in [0.1, 0.15) is 18.8 Å². The lowest BCUT2D eigenvalue weighted by atomic mass is 9.92. The van der Waals surface area contributed by atoms with Crippen LogP contribution in [0.2, 0.25) is 0 Å². The summed E-state index contributed by atoms with van der Waals surface area (Å²) >= 11 is 0. The molecule has 1 aliphatic heterocycles. The van der Waals surface area contributed by atoms with E-state index in [1.54, 1.807) is 12.0 Å². The molecular weight excluding hydrogens is 426 g/mol. The van der Waals surface area contributed by atoms with E-state index in [1.807, 2.05) is 51.1 Å². The minimum atomic E-state index is -0.640. The highest BCUT2D eigenvalue weighted by molar-refractivity contribution is 5.82. The molecule has 2 aliphatic rings. The van der Waals surface area contributed by atoms with Gasteiger partial charge in [-0.05, 0) is 44.6 Å². The van der Waals surface area contributed by atoms with Crippen molar-refractivity contribution in [2.45, 2.75) is 45.4 Å². The Kier molecular flexibility index (Phi) is 8.18. The van der Waals surface area contributed by atoms with Crippen LogP contribution in [-0.4, -0.2) is 68.0 Å². The van der Waals surface area contributed by atoms with Crippen LogP contribution < -0.4 is 10.6 Å². The molecule has 2 N–H and O–H groups in total. The number of hydrogen-bond donors (Lipinski definition) is 2. The monoisotopic (exact) mass is 461 g/mol. The van der Waals surface area contributed by atoms with E-state index in [9.17, 15) is 14.4 Å². The number of nitrogens with one attached hydrogen (secondary N) is 2. The Hall–Kier alpha value is -2.81. The van der Waals surface area contributed by atoms with Gasteiger partial charge in [-0.2, -0.15) is 0 Å². The number of rotatable bonds is 7. The molecule has 1 heterocycles. The van der Waals surface area contributed by atoms with Gasteiger partial charge < -0.3 is 29.7 Å². The van der Waals surface area contributed by atoms with Crippen LogP contribution in [0, 0.1) is 17.8 Å². The van der Waals surface area contributed by atoms with E-state index in [4.69, 9.17) is 14.2 Å². The Bertz CT molecular complexity index is 825. The zero-order chi connectivity index (χ0) is 24.0. The van der Waals surface area contributed by atoms with Crippen LogP contribution in [0.25, 0.3) is 0 Å². The molecule has 0 radical (unpaired) electrons. The number of benzene rings is 1. The molecule has 0 bridgehead atoms. The van der Waals surface area contributed by atoms with Crippen molar-refractivity contribution in [1.29, 1.82) is 0 Å². The summed E-state index contributed by atoms with van der Waals surface area (Å²) in [5.74, 6) is 0.307. The zero-order valence-corrected chi connectivity index (χ0v) is 19.8. The van der Waals surface area contributed by atoms with E-state index in [0.717, 1.165) is 12.0 Å². The summed E-state index contributed by atoms with van der Waals surface area (Å²) in [5.41, 5.74) is 0.337. The molecule has 2 fully saturated rings. The SMILES string of the molecule is COCC1C(NC(=O)CNC(=O)OCc2ccccc2)CC2CN(C(=O)OC(C)(C)C)CC21. The molecule has 4 unspecified atom stereocenters. The van der Waals surface area contributed by atoms with Crippen LogP contribution in [0.4, 0.5) is 9.59 Å². The van der Waals surface area contributed by atoms with E-state index in [-0.39, 0.29) is 48.9 Å². The third-order valence-corrected chi connectivity index (χ3v) is 6.08. The van der Waals surface area contributed by atoms with Crippen molar-refractivity contribution in [3.63, 3.8) is 0 Å². The fourth-order valence-electron chi connectivity index (χ4n) is 4.69. The van der Waals surface area contributed by atoms with E-state index >= 15 is 0 Å². The third-order valence-electron chi connectivity index (χ3n) is 6.08. The molecule has 182 valence electrons. The smallest absolute Gasteiger partial charge is 0.410 e. The van der Waals surface area contributed by atoms with Crippen molar-refractivity contribution in [3.8, 4) is 0 Å². The predicted octanol–water partition coefficient (Wildman–Crippen LogP) is 2.55. The van der Waals surface area contributed by atoms with Crippen molar-refractivity contribution in [3.05, 3.63) is 35.9 Å². The number of nitrogens with zero attached hydrogens (tertiary/aromatic N) is 1. The van der Waals surface area contributed by atoms with Crippen LogP contribution in [0.5, 0.6) is 0 Å². The molecule has 1 aromatic rings. The van der Waals surface area contributed by atoms with Gasteiger partial charge in [0.25, 0.3) is 0 Å². The zero-order valence-electron chi connectivity index (χ0n) is 19.8. The van der Waals surface area contributed by atoms with Gasteiger partial charge in [-0.25, -0.2) is 9.59 Å². The first-order chi connectivity index (χ1) is 15.7. The first-order valence-corrected chi connectivity index (χ1v) is 11.4. The summed E-state index contributed by atoms with van der Waals surface area (Å²) in [5, 5.41) is 5.52. The molecular formula is C24H35N3O6. The van der Waals surface area contributed by atoms with Crippen LogP contribution in [-0.2, 0) is 25.6 Å². The van der Waals surface area contributed by atoms with Crippen LogP contribution in [0.15, 0.2) is 30.3 Å². The van der Waals surface area contributed by atoms with Gasteiger partial charge in [0.05, 0.1) is 6.61 Å². The molecule has 1 aliphatic carbocycles. The summed E-state index contributed by atoms with van der Waals surface area (Å²) in [6.45, 7) is 7.22. The highest BCUT2D eigenvalue weighted by atomic mass is 16.6. The average molecular weight is 462 g/mol. The molecule has 1 saturated heterocycles. The Morgan fingerprint density at radius 2 is 1.85 bits per heavy atom. The topological polar surface area (TPSA) is 106 Å². The van der Waals surface area contributed by atoms with Crippen molar-refractivity contribution in [2.75, 3.05) is 33.4 Å². The van der Waals surface area contributed by atoms with Crippen molar-refractivity contribution in [1.82, 2.24) is 15.5 Å². The van der Waals surface area contributed by atoms with E-state index < -0.39 is 11.7 Å². The predicted molar refractivity (Wildman–Crippen MR) is 121 cm³/mol. The third kappa shape index (κ3) is 7.08. The number of ether oxygens (including phenoxy) is 3. The maximum Gasteiger partial charge on any atom is 0.410 e. The summed E-state index contributed by atoms with van der Waals surface area (Å²) in [6, 6.07) is 9.26. The van der Waals surface area contributed by atoms with E-state index in [1.165, 1.54) is 0 Å². The minimum absolute atomic E-state index is 0.0737. The summed E-state index contributed by atoms with van der Waals surface area (Å²) in [6.07, 6.45) is -0.187. The molecule has 1 aromatic carbocycles. The summed E-state index contributed by atoms with van der Waals surface area (Å²) in [4.78, 5) is 38.6. The van der Waals surface area contributed by atoms with Gasteiger partial charge in [0.2, 0.25) is 5.91 Å². The maximum atomic E-state index is 12.5. The molecule has 3 rings (SSSR count). The van der Waals surface area contributed by atoms with Gasteiger partial charge in [-0.3, -0.25) is 4.79 Å². The number of fused-ring (bicyclic) bond motifs is 1. The summed E-state index contributed by atoms with van der Waals surface area (Å²) in [7, 11) is 1.64. The Morgan fingerprint density at radius 3 is 2.52 bits per heavy atom. The average Bonchev–Trinajstić information content (AvgIpc) is 3.30. The second kappa shape index (κ2) is 10.9. The number of amides is 3. The maximum absolute atomic E-state index is 12.5. The highest BCUT2D eigenvalue weighted by Crippen LogP contribution is 2.43. The van der Waals surface area contributed by atoms with Gasteiger partial charge >= 0.3 is 12.2 Å². The Labute approximate surface area is 195 Å². The van der Waals surface area contributed by atoms with Crippen LogP contribution in [0.3, 0.4) is 0 Å². The first kappa shape index (κ1) is 24.8. The first-order valence-electron chi connectivity index (χ1n) is 11.4. The second-order valence-corrected chi connectivity index (χ2v) is 9.75. The quantitative estimate of drug-likeness (QED) is 0.646. The van der Waals surface area contributed by atoms with Crippen molar-refractivity contribution < 1.29 is 28.6 Å². The molecule has 3 amide bonds. The number of carbonyl (C=O) groups is 3. The van der Waals surface area contributed by atoms with Gasteiger partial charge in [-0.1, -0.05) is 30.3 Å². The Balaban J connectivity index is 1.45. The highest BCUT2D eigenvalue weighted by Gasteiger charge is 2.49. The molecule has 0 spiro atoms. The largest absolute Gasteiger partial charge is 0.445 e. The van der Waals surface area contributed by atoms with Gasteiger partial charge in [0.15, 0.2) is 0 Å². The van der Waals surface area contributed by atoms with Crippen LogP contribution >= 0.6 is 0 Å². The fourth-order valence-corrected chi connectivity index (χ4v) is 4.69. The molecule has 4 atom stereocenters. The van der Waals surface area contributed by atoms with Crippen molar-refractivity contribution >= 4 is 18.1 Å². The van der Waals surface area contributed by atoms with Crippen LogP contribution in [0.1, 0.15) is 32.8 Å². The normalized spacial score (nSPS) is 24.2. The molecule has 0 aromatic heterocycles. The number of carbonyl (C=O) groups excluding carboxylic acids is 3. The molecule has 9 nitrogen and oxygen atoms in total. The van der Waals surface area contributed by atoms with Gasteiger partial charge in [0, 0.05) is 32.2 Å². The molecule has 9 heteroatoms. The Morgan fingerprint density at radius 1 is 1.12 bits per heavy atom. The fraction of sp³-hybridized carbons (Fsp3) is 0.625. The van der Waals surface area contributed by atoms with Crippen molar-refractivity contribution in [2.24, 2.45) is 17.8 Å². The lowest BCUT2D eigenvalue weighted by Gasteiger charge is -2.28. The lowest BCUT2D eigenvalue weighted by molar-refractivity contribution is -0.121. The molecule has 33 heavy (non-hydrogen) atoms. The standard InChI is InChI=1S/C24H35N3O6/c1-24(2,3)33-23(30)27-12-17-10-20(19(15-31-4)18(17)13-27)26-21(28)11-25-22(29)32-14-16-8-6-5-7-9-16/h5-9,17-20H,10-15H2,1-4H3,(H,25,29)(H,26,28). The lowest BCUT2D eigenvalue weighted by Crippen LogP contribution is -2.46. The number of alkyl carbamates (subject to hydrolysis) is 1. The summed E-state index contributed by atoms with van der Waals surface area (Å²) < 4.78 is 16.1. The minimum Gasteiger partial charge on any atom is -0.445 e. The number of methoxy groups -OCH3 is 1. The van der Waals surface area contributed by atoms with E-state index in [0.29, 0.717) is 19.7 Å². The molecule has 1 saturated carbocycles.